The summed E-state index contributed by atoms with van der Waals surface area (Å²) in [6.07, 6.45) is 1.70. The summed E-state index contributed by atoms with van der Waals surface area (Å²) < 4.78 is 7.45. The highest BCUT2D eigenvalue weighted by molar-refractivity contribution is 8.00. The molecular weight excluding hydrogens is 448 g/mol. The Kier molecular flexibility index (Phi) is 6.37. The average molecular weight is 469 g/mol. The van der Waals surface area contributed by atoms with Crippen molar-refractivity contribution in [1.29, 1.82) is 0 Å². The van der Waals surface area contributed by atoms with Gasteiger partial charge in [-0.3, -0.25) is 14.5 Å². The zero-order valence-corrected chi connectivity index (χ0v) is 19.2. The topological polar surface area (TPSA) is 111 Å². The Labute approximate surface area is 191 Å². The molecule has 32 heavy (non-hydrogen) atoms. The van der Waals surface area contributed by atoms with E-state index in [-0.39, 0.29) is 5.56 Å². The fourth-order valence-corrected chi connectivity index (χ4v) is 4.65. The number of methoxy groups -OCH3 is 1. The van der Waals surface area contributed by atoms with Crippen molar-refractivity contribution in [3.8, 4) is 5.75 Å². The lowest BCUT2D eigenvalue weighted by Gasteiger charge is -2.10. The van der Waals surface area contributed by atoms with Crippen molar-refractivity contribution in [3.05, 3.63) is 69.8 Å². The standard InChI is InChI=1S/C21H20N6O3S2/c1-12-6-7-16(30-3)15(9-12)23-19(29)24-20-25-26-21(32-20)31-11-14-10-17(28)27-8-4-5-13(2)18(27)22-14/h4-10H,11H2,1-3H3,(H2,23,24,25,29). The van der Waals surface area contributed by atoms with Gasteiger partial charge in [-0.1, -0.05) is 35.2 Å². The van der Waals surface area contributed by atoms with Crippen LogP contribution < -0.4 is 20.9 Å². The third-order valence-corrected chi connectivity index (χ3v) is 6.52. The van der Waals surface area contributed by atoms with Crippen molar-refractivity contribution in [2.24, 2.45) is 0 Å². The van der Waals surface area contributed by atoms with E-state index in [2.05, 4.69) is 25.8 Å². The molecule has 3 aromatic heterocycles. The second-order valence-corrected chi connectivity index (χ2v) is 9.12. The smallest absolute Gasteiger partial charge is 0.325 e. The first-order chi connectivity index (χ1) is 15.4. The number of aromatic nitrogens is 4. The molecule has 4 aromatic rings. The molecule has 1 aromatic carbocycles. The fraction of sp³-hybridized carbons (Fsp3) is 0.190. The van der Waals surface area contributed by atoms with Gasteiger partial charge in [-0.25, -0.2) is 9.78 Å². The summed E-state index contributed by atoms with van der Waals surface area (Å²) in [5, 5.41) is 13.9. The summed E-state index contributed by atoms with van der Waals surface area (Å²) in [6, 6.07) is 10.3. The predicted octanol–water partition coefficient (Wildman–Crippen LogP) is 4.11. The van der Waals surface area contributed by atoms with Crippen LogP contribution in [0.5, 0.6) is 5.75 Å². The third-order valence-electron chi connectivity index (χ3n) is 4.51. The van der Waals surface area contributed by atoms with Crippen LogP contribution in [-0.4, -0.2) is 32.7 Å². The summed E-state index contributed by atoms with van der Waals surface area (Å²) in [4.78, 5) is 29.3. The van der Waals surface area contributed by atoms with Gasteiger partial charge >= 0.3 is 6.03 Å². The van der Waals surface area contributed by atoms with Crippen LogP contribution in [0, 0.1) is 13.8 Å². The second kappa shape index (κ2) is 9.37. The monoisotopic (exact) mass is 468 g/mol. The molecule has 0 aliphatic rings. The summed E-state index contributed by atoms with van der Waals surface area (Å²) in [6.45, 7) is 3.84. The van der Waals surface area contributed by atoms with Crippen molar-refractivity contribution in [3.63, 3.8) is 0 Å². The van der Waals surface area contributed by atoms with E-state index >= 15 is 0 Å². The zero-order chi connectivity index (χ0) is 22.7. The highest BCUT2D eigenvalue weighted by atomic mass is 32.2. The largest absolute Gasteiger partial charge is 0.495 e. The fourth-order valence-electron chi connectivity index (χ4n) is 3.01. The Morgan fingerprint density at radius 1 is 1.19 bits per heavy atom. The first-order valence-electron chi connectivity index (χ1n) is 9.60. The van der Waals surface area contributed by atoms with Crippen molar-refractivity contribution in [1.82, 2.24) is 19.6 Å². The number of rotatable bonds is 6. The molecule has 3 heterocycles. The van der Waals surface area contributed by atoms with Gasteiger partial charge in [0.05, 0.1) is 18.5 Å². The lowest BCUT2D eigenvalue weighted by molar-refractivity contribution is 0.262. The SMILES string of the molecule is COc1ccc(C)cc1NC(=O)Nc1nnc(SCc2cc(=O)n3cccc(C)c3n2)s1. The lowest BCUT2D eigenvalue weighted by Crippen LogP contribution is -2.19. The number of urea groups is 1. The summed E-state index contributed by atoms with van der Waals surface area (Å²) in [7, 11) is 1.54. The maximum Gasteiger partial charge on any atom is 0.325 e. The Morgan fingerprint density at radius 3 is 2.84 bits per heavy atom. The van der Waals surface area contributed by atoms with E-state index in [9.17, 15) is 9.59 Å². The Bertz CT molecular complexity index is 1350. The molecule has 9 nitrogen and oxygen atoms in total. The number of anilines is 2. The Balaban J connectivity index is 1.40. The van der Waals surface area contributed by atoms with E-state index < -0.39 is 6.03 Å². The molecule has 2 amide bonds. The van der Waals surface area contributed by atoms with E-state index in [0.717, 1.165) is 11.1 Å². The zero-order valence-electron chi connectivity index (χ0n) is 17.6. The van der Waals surface area contributed by atoms with Gasteiger partial charge in [0.2, 0.25) is 5.13 Å². The van der Waals surface area contributed by atoms with E-state index in [0.29, 0.717) is 38.0 Å². The summed E-state index contributed by atoms with van der Waals surface area (Å²) in [5.74, 6) is 1.02. The van der Waals surface area contributed by atoms with Gasteiger partial charge in [0.25, 0.3) is 5.56 Å². The average Bonchev–Trinajstić information content (AvgIpc) is 3.20. The number of fused-ring (bicyclic) bond motifs is 1. The molecule has 0 aliphatic carbocycles. The van der Waals surface area contributed by atoms with Gasteiger partial charge in [-0.15, -0.1) is 10.2 Å². The van der Waals surface area contributed by atoms with Crippen molar-refractivity contribution in [2.75, 3.05) is 17.7 Å². The second-order valence-electron chi connectivity index (χ2n) is 6.92. The molecule has 0 atom stereocenters. The molecule has 0 spiro atoms. The van der Waals surface area contributed by atoms with E-state index in [1.54, 1.807) is 19.4 Å². The molecule has 0 unspecified atom stereocenters. The van der Waals surface area contributed by atoms with Crippen molar-refractivity contribution < 1.29 is 9.53 Å². The van der Waals surface area contributed by atoms with Crippen molar-refractivity contribution in [2.45, 2.75) is 23.9 Å². The number of aryl methyl sites for hydroxylation is 2. The number of amides is 2. The first-order valence-corrected chi connectivity index (χ1v) is 11.4. The van der Waals surface area contributed by atoms with Crippen molar-refractivity contribution >= 4 is 45.6 Å². The van der Waals surface area contributed by atoms with Gasteiger partial charge in [-0.05, 0) is 43.2 Å². The lowest BCUT2D eigenvalue weighted by atomic mass is 10.2. The first kappa shape index (κ1) is 21.8. The predicted molar refractivity (Wildman–Crippen MR) is 126 cm³/mol. The summed E-state index contributed by atoms with van der Waals surface area (Å²) >= 11 is 2.64. The molecular formula is C21H20N6O3S2. The molecule has 0 bridgehead atoms. The van der Waals surface area contributed by atoms with Gasteiger partial charge in [0.15, 0.2) is 4.34 Å². The van der Waals surface area contributed by atoms with Gasteiger partial charge < -0.3 is 10.1 Å². The maximum atomic E-state index is 12.4. The number of nitrogens with one attached hydrogen (secondary N) is 2. The molecule has 0 saturated heterocycles. The molecule has 11 heteroatoms. The molecule has 0 radical (unpaired) electrons. The number of hydrogen-bond acceptors (Lipinski definition) is 8. The minimum atomic E-state index is -0.443. The van der Waals surface area contributed by atoms with Crippen LogP contribution in [-0.2, 0) is 5.75 Å². The van der Waals surface area contributed by atoms with Gasteiger partial charge in [-0.2, -0.15) is 0 Å². The quantitative estimate of drug-likeness (QED) is 0.324. The molecule has 164 valence electrons. The highest BCUT2D eigenvalue weighted by Gasteiger charge is 2.12. The maximum absolute atomic E-state index is 12.4. The number of carbonyl (C=O) groups is 1. The van der Waals surface area contributed by atoms with Crippen LogP contribution >= 0.6 is 23.1 Å². The number of hydrogen-bond donors (Lipinski definition) is 2. The highest BCUT2D eigenvalue weighted by Crippen LogP contribution is 2.29. The minimum Gasteiger partial charge on any atom is -0.495 e. The molecule has 0 aliphatic heterocycles. The normalized spacial score (nSPS) is 10.8. The minimum absolute atomic E-state index is 0.128. The van der Waals surface area contributed by atoms with Gasteiger partial charge in [0.1, 0.15) is 11.4 Å². The van der Waals surface area contributed by atoms with E-state index in [1.165, 1.54) is 33.6 Å². The van der Waals surface area contributed by atoms with Crippen LogP contribution in [0.4, 0.5) is 15.6 Å². The Hall–Kier alpha value is -3.44. The molecule has 0 saturated carbocycles. The van der Waals surface area contributed by atoms with Crippen LogP contribution in [0.1, 0.15) is 16.8 Å². The van der Waals surface area contributed by atoms with Gasteiger partial charge in [0, 0.05) is 18.0 Å². The number of benzene rings is 1. The van der Waals surface area contributed by atoms with E-state index in [1.807, 2.05) is 38.1 Å². The molecule has 4 rings (SSSR count). The number of ether oxygens (including phenoxy) is 1. The number of nitrogens with zero attached hydrogens (tertiary/aromatic N) is 4. The van der Waals surface area contributed by atoms with Crippen LogP contribution in [0.15, 0.2) is 51.7 Å². The molecule has 0 fully saturated rings. The number of carbonyl (C=O) groups excluding carboxylic acids is 1. The summed E-state index contributed by atoms with van der Waals surface area (Å²) in [5.41, 5.74) is 3.65. The van der Waals surface area contributed by atoms with E-state index in [4.69, 9.17) is 4.74 Å². The molecule has 2 N–H and O–H groups in total. The van der Waals surface area contributed by atoms with Crippen LogP contribution in [0.3, 0.4) is 0 Å². The third kappa shape index (κ3) is 4.89. The Morgan fingerprint density at radius 2 is 2.03 bits per heavy atom. The number of pyridine rings is 1. The van der Waals surface area contributed by atoms with Crippen LogP contribution in [0.2, 0.25) is 0 Å². The van der Waals surface area contributed by atoms with Crippen LogP contribution in [0.25, 0.3) is 5.65 Å². The number of thioether (sulfide) groups is 1.